The first-order chi connectivity index (χ1) is 14.8. The fraction of sp³-hybridized carbons (Fsp3) is 0.360. The average Bonchev–Trinajstić information content (AvgIpc) is 3.25. The van der Waals surface area contributed by atoms with Crippen molar-refractivity contribution in [3.8, 4) is 0 Å². The van der Waals surface area contributed by atoms with Crippen LogP contribution in [0.5, 0.6) is 0 Å². The molecule has 5 heteroatoms. The van der Waals surface area contributed by atoms with Crippen molar-refractivity contribution in [2.24, 2.45) is 0 Å². The highest BCUT2D eigenvalue weighted by Crippen LogP contribution is 2.29. The molecule has 3 aromatic rings. The molecule has 5 nitrogen and oxygen atoms in total. The molecule has 2 aromatic carbocycles. The Morgan fingerprint density at radius 3 is 2.57 bits per heavy atom. The minimum absolute atomic E-state index is 0.276. The minimum atomic E-state index is 0.276. The zero-order valence-corrected chi connectivity index (χ0v) is 17.2. The van der Waals surface area contributed by atoms with E-state index in [9.17, 15) is 4.79 Å². The Kier molecular flexibility index (Phi) is 5.37. The molecule has 1 aromatic heterocycles. The number of rotatable bonds is 4. The van der Waals surface area contributed by atoms with E-state index >= 15 is 0 Å². The summed E-state index contributed by atoms with van der Waals surface area (Å²) in [6.07, 6.45) is 5.19. The molecule has 0 aliphatic carbocycles. The van der Waals surface area contributed by atoms with Crippen molar-refractivity contribution in [3.63, 3.8) is 0 Å². The smallest absolute Gasteiger partial charge is 0.277 e. The number of nitrogens with one attached hydrogen (secondary N) is 1. The zero-order valence-electron chi connectivity index (χ0n) is 17.2. The number of nitrogens with zero attached hydrogens (tertiary/aromatic N) is 2. The molecule has 0 saturated carbocycles. The maximum Gasteiger partial charge on any atom is 0.277 e. The first-order valence-electron chi connectivity index (χ1n) is 11.0. The van der Waals surface area contributed by atoms with Gasteiger partial charge in [-0.25, -0.2) is 4.98 Å². The van der Waals surface area contributed by atoms with Crippen molar-refractivity contribution in [2.75, 3.05) is 32.7 Å². The van der Waals surface area contributed by atoms with Crippen molar-refractivity contribution in [1.29, 1.82) is 0 Å². The third kappa shape index (κ3) is 4.03. The van der Waals surface area contributed by atoms with Gasteiger partial charge in [-0.3, -0.25) is 4.79 Å². The van der Waals surface area contributed by atoms with Crippen molar-refractivity contribution in [1.82, 2.24) is 9.88 Å². The number of aromatic nitrogens is 1. The number of fused-ring (bicyclic) bond motifs is 1. The number of benzene rings is 2. The van der Waals surface area contributed by atoms with Crippen LogP contribution in [-0.4, -0.2) is 48.5 Å². The van der Waals surface area contributed by atoms with Crippen molar-refractivity contribution >= 4 is 22.6 Å². The van der Waals surface area contributed by atoms with Crippen LogP contribution in [0.1, 0.15) is 36.6 Å². The van der Waals surface area contributed by atoms with Crippen molar-refractivity contribution < 1.29 is 14.1 Å². The second-order valence-electron chi connectivity index (χ2n) is 8.40. The van der Waals surface area contributed by atoms with Crippen LogP contribution in [0.3, 0.4) is 0 Å². The van der Waals surface area contributed by atoms with Crippen LogP contribution in [-0.2, 0) is 4.79 Å². The van der Waals surface area contributed by atoms with E-state index in [1.54, 1.807) is 0 Å². The summed E-state index contributed by atoms with van der Waals surface area (Å²) in [5.41, 5.74) is 4.49. The monoisotopic (exact) mass is 402 g/mol. The van der Waals surface area contributed by atoms with Gasteiger partial charge >= 0.3 is 0 Å². The molecule has 30 heavy (non-hydrogen) atoms. The number of hydrogen-bond donors (Lipinski definition) is 1. The average molecular weight is 403 g/mol. The molecule has 2 aliphatic heterocycles. The SMILES string of the molecule is O=C(C[NH+]1CC=C(c2ccccc2)CC1)N1CCC(c2nc3ccccc3o2)CC1. The lowest BCUT2D eigenvalue weighted by Gasteiger charge is -2.32. The molecule has 1 N–H and O–H groups in total. The highest BCUT2D eigenvalue weighted by molar-refractivity contribution is 5.77. The predicted molar refractivity (Wildman–Crippen MR) is 117 cm³/mol. The van der Waals surface area contributed by atoms with E-state index in [1.807, 2.05) is 29.2 Å². The van der Waals surface area contributed by atoms with E-state index in [1.165, 1.54) is 16.0 Å². The number of para-hydroxylation sites is 2. The number of carbonyl (C=O) groups excluding carboxylic acids is 1. The highest BCUT2D eigenvalue weighted by Gasteiger charge is 2.29. The van der Waals surface area contributed by atoms with Crippen LogP contribution >= 0.6 is 0 Å². The van der Waals surface area contributed by atoms with Gasteiger partial charge in [-0.15, -0.1) is 0 Å². The van der Waals surface area contributed by atoms with Gasteiger partial charge in [-0.1, -0.05) is 42.5 Å². The van der Waals surface area contributed by atoms with Crippen LogP contribution in [0, 0.1) is 0 Å². The van der Waals surface area contributed by atoms with Gasteiger partial charge in [0, 0.05) is 25.4 Å². The second kappa shape index (κ2) is 8.44. The fourth-order valence-corrected chi connectivity index (χ4v) is 4.62. The molecule has 0 bridgehead atoms. The molecular formula is C25H28N3O2+. The van der Waals surface area contributed by atoms with E-state index < -0.39 is 0 Å². The Hall–Kier alpha value is -2.92. The molecule has 1 unspecified atom stereocenters. The first kappa shape index (κ1) is 19.1. The van der Waals surface area contributed by atoms with E-state index in [0.29, 0.717) is 12.5 Å². The summed E-state index contributed by atoms with van der Waals surface area (Å²) in [6.45, 7) is 4.12. The summed E-state index contributed by atoms with van der Waals surface area (Å²) in [5.74, 6) is 1.40. The molecule has 3 heterocycles. The Labute approximate surface area is 177 Å². The maximum absolute atomic E-state index is 12.8. The number of carbonyl (C=O) groups is 1. The molecule has 0 radical (unpaired) electrons. The lowest BCUT2D eigenvalue weighted by molar-refractivity contribution is -0.887. The van der Waals surface area contributed by atoms with Gasteiger partial charge < -0.3 is 14.2 Å². The molecule has 154 valence electrons. The lowest BCUT2D eigenvalue weighted by Crippen LogP contribution is -3.13. The standard InChI is InChI=1S/C25H27N3O2/c29-24(18-27-14-10-20(11-15-27)19-6-2-1-3-7-19)28-16-12-21(13-17-28)25-26-22-8-4-5-9-23(22)30-25/h1-10,21H,11-18H2/p+1. The van der Waals surface area contributed by atoms with E-state index in [-0.39, 0.29) is 5.91 Å². The number of quaternary nitrogens is 1. The molecule has 0 spiro atoms. The summed E-state index contributed by atoms with van der Waals surface area (Å²) >= 11 is 0. The number of piperidine rings is 1. The zero-order chi connectivity index (χ0) is 20.3. The fourth-order valence-electron chi connectivity index (χ4n) is 4.62. The van der Waals surface area contributed by atoms with Gasteiger partial charge in [0.15, 0.2) is 18.0 Å². The summed E-state index contributed by atoms with van der Waals surface area (Å²) in [7, 11) is 0. The molecule has 1 fully saturated rings. The molecule has 1 saturated heterocycles. The quantitative estimate of drug-likeness (QED) is 0.730. The summed E-state index contributed by atoms with van der Waals surface area (Å²) in [5, 5.41) is 0. The summed E-state index contributed by atoms with van der Waals surface area (Å²) in [4.78, 5) is 20.9. The molecular weight excluding hydrogens is 374 g/mol. The Morgan fingerprint density at radius 2 is 1.83 bits per heavy atom. The normalized spacial score (nSPS) is 20.3. The Bertz CT molecular complexity index is 1020. The molecule has 1 amide bonds. The van der Waals surface area contributed by atoms with Crippen molar-refractivity contribution in [3.05, 3.63) is 72.1 Å². The largest absolute Gasteiger partial charge is 0.440 e. The van der Waals surface area contributed by atoms with E-state index in [2.05, 4.69) is 41.4 Å². The maximum atomic E-state index is 12.8. The van der Waals surface area contributed by atoms with Crippen LogP contribution in [0.2, 0.25) is 0 Å². The van der Waals surface area contributed by atoms with Gasteiger partial charge in [-0.2, -0.15) is 0 Å². The highest BCUT2D eigenvalue weighted by atomic mass is 16.3. The third-order valence-electron chi connectivity index (χ3n) is 6.44. The molecule has 5 rings (SSSR count). The number of likely N-dealkylation sites (tertiary alicyclic amines) is 1. The van der Waals surface area contributed by atoms with Gasteiger partial charge in [0.05, 0.1) is 13.1 Å². The summed E-state index contributed by atoms with van der Waals surface area (Å²) < 4.78 is 5.95. The second-order valence-corrected chi connectivity index (χ2v) is 8.40. The number of amides is 1. The van der Waals surface area contributed by atoms with Gasteiger partial charge in [-0.05, 0) is 42.2 Å². The van der Waals surface area contributed by atoms with Crippen molar-refractivity contribution in [2.45, 2.75) is 25.2 Å². The summed E-state index contributed by atoms with van der Waals surface area (Å²) in [6, 6.07) is 18.5. The predicted octanol–water partition coefficient (Wildman–Crippen LogP) is 2.91. The van der Waals surface area contributed by atoms with E-state index in [4.69, 9.17) is 4.42 Å². The van der Waals surface area contributed by atoms with Crippen LogP contribution < -0.4 is 4.90 Å². The van der Waals surface area contributed by atoms with Crippen LogP contribution in [0.15, 0.2) is 65.1 Å². The molecule has 2 aliphatic rings. The minimum Gasteiger partial charge on any atom is -0.440 e. The van der Waals surface area contributed by atoms with Crippen LogP contribution in [0.25, 0.3) is 16.7 Å². The van der Waals surface area contributed by atoms with Gasteiger partial charge in [0.2, 0.25) is 0 Å². The lowest BCUT2D eigenvalue weighted by atomic mass is 9.96. The Morgan fingerprint density at radius 1 is 1.07 bits per heavy atom. The Balaban J connectivity index is 1.13. The number of hydrogen-bond acceptors (Lipinski definition) is 3. The van der Waals surface area contributed by atoms with Gasteiger partial charge in [0.1, 0.15) is 5.52 Å². The van der Waals surface area contributed by atoms with Crippen LogP contribution in [0.4, 0.5) is 0 Å². The van der Waals surface area contributed by atoms with Gasteiger partial charge in [0.25, 0.3) is 5.91 Å². The molecule has 1 atom stereocenters. The number of oxazole rings is 1. The van der Waals surface area contributed by atoms with E-state index in [0.717, 1.165) is 62.4 Å². The first-order valence-corrected chi connectivity index (χ1v) is 11.0. The topological polar surface area (TPSA) is 50.8 Å². The third-order valence-corrected chi connectivity index (χ3v) is 6.44.